The van der Waals surface area contributed by atoms with Gasteiger partial charge in [-0.15, -0.1) is 0 Å². The molecule has 0 fully saturated rings. The van der Waals surface area contributed by atoms with Gasteiger partial charge in [-0.25, -0.2) is 4.98 Å². The average molecular weight is 497 g/mol. The van der Waals surface area contributed by atoms with Crippen molar-refractivity contribution in [1.29, 1.82) is 0 Å². The third-order valence-corrected chi connectivity index (χ3v) is 6.80. The Morgan fingerprint density at radius 2 is 1.94 bits per heavy atom. The lowest BCUT2D eigenvalue weighted by Gasteiger charge is -2.34. The molecule has 0 radical (unpaired) electrons. The van der Waals surface area contributed by atoms with Crippen LogP contribution in [0.15, 0.2) is 27.4 Å². The number of oxazole rings is 1. The number of aliphatic hydroxyl groups is 2. The van der Waals surface area contributed by atoms with Crippen molar-refractivity contribution >= 4 is 29.4 Å². The number of rotatable bonds is 2. The lowest BCUT2D eigenvalue weighted by Crippen LogP contribution is -2.48. The van der Waals surface area contributed by atoms with Gasteiger partial charge in [-0.2, -0.15) is 0 Å². The Hall–Kier alpha value is -2.00. The van der Waals surface area contributed by atoms with Crippen LogP contribution < -0.4 is 5.32 Å². The molecule has 0 aromatic carbocycles. The van der Waals surface area contributed by atoms with E-state index in [1.165, 1.54) is 6.26 Å². The number of ether oxygens (including phenoxy) is 1. The zero-order valence-electron chi connectivity index (χ0n) is 20.8. The standard InChI is InChI=1S/C25H37ClN2O6/c1-14-7-8-20(19(26)11-18-13-34-17(4)27-18)28-22(30)12-21(29)25(5,6)24(32)15(2)23(31)16(3)33-10-9-14/h7,11,13,15-16,20-21,23,29,31H,8-10,12H2,1-6H3,(H,28,30)/b14-7-,19-11-/t15-,16-,20+,21+,23+/m1/s1. The topological polar surface area (TPSA) is 122 Å². The molecule has 2 heterocycles. The van der Waals surface area contributed by atoms with Crippen LogP contribution in [0.2, 0.25) is 0 Å². The van der Waals surface area contributed by atoms with Crippen molar-refractivity contribution in [3.05, 3.63) is 34.5 Å². The predicted octanol–water partition coefficient (Wildman–Crippen LogP) is 3.54. The molecule has 0 saturated heterocycles. The van der Waals surface area contributed by atoms with Gasteiger partial charge in [-0.05, 0) is 32.8 Å². The average Bonchev–Trinajstić information content (AvgIpc) is 3.18. The van der Waals surface area contributed by atoms with Gasteiger partial charge in [0, 0.05) is 17.9 Å². The van der Waals surface area contributed by atoms with E-state index in [0.29, 0.717) is 36.1 Å². The van der Waals surface area contributed by atoms with Crippen LogP contribution in [0, 0.1) is 18.3 Å². The molecule has 1 amide bonds. The summed E-state index contributed by atoms with van der Waals surface area (Å²) in [6.07, 6.45) is 2.97. The molecule has 1 aromatic heterocycles. The van der Waals surface area contributed by atoms with Crippen LogP contribution in [-0.2, 0) is 14.3 Å². The van der Waals surface area contributed by atoms with Crippen LogP contribution in [0.25, 0.3) is 6.08 Å². The smallest absolute Gasteiger partial charge is 0.223 e. The molecule has 3 N–H and O–H groups in total. The first kappa shape index (κ1) is 28.2. The second-order valence-corrected chi connectivity index (χ2v) is 10.1. The van der Waals surface area contributed by atoms with Crippen LogP contribution in [0.4, 0.5) is 0 Å². The van der Waals surface area contributed by atoms with Crippen molar-refractivity contribution in [3.8, 4) is 0 Å². The minimum Gasteiger partial charge on any atom is -0.449 e. The van der Waals surface area contributed by atoms with Gasteiger partial charge in [0.1, 0.15) is 17.7 Å². The van der Waals surface area contributed by atoms with E-state index in [1.54, 1.807) is 40.7 Å². The molecule has 34 heavy (non-hydrogen) atoms. The lowest BCUT2D eigenvalue weighted by atomic mass is 9.74. The summed E-state index contributed by atoms with van der Waals surface area (Å²) in [6.45, 7) is 10.5. The monoisotopic (exact) mass is 496 g/mol. The predicted molar refractivity (Wildman–Crippen MR) is 130 cm³/mol. The molecule has 0 saturated carbocycles. The van der Waals surface area contributed by atoms with E-state index >= 15 is 0 Å². The fourth-order valence-electron chi connectivity index (χ4n) is 3.85. The molecule has 0 spiro atoms. The van der Waals surface area contributed by atoms with Crippen molar-refractivity contribution in [3.63, 3.8) is 0 Å². The summed E-state index contributed by atoms with van der Waals surface area (Å²) < 4.78 is 11.0. The van der Waals surface area contributed by atoms with Gasteiger partial charge in [-0.1, -0.05) is 44.0 Å². The number of nitrogens with one attached hydrogen (secondary N) is 1. The zero-order chi connectivity index (χ0) is 25.6. The highest BCUT2D eigenvalue weighted by atomic mass is 35.5. The van der Waals surface area contributed by atoms with Gasteiger partial charge in [0.15, 0.2) is 5.89 Å². The SMILES string of the molecule is C/C1=C/C[C@@H](/C(Cl)=C/c2coc(C)n2)NC(=O)C[C@H](O)C(C)(C)C(=O)[C@H](C)[C@H](O)[C@@H](C)OCC1. The number of carbonyl (C=O) groups excluding carboxylic acids is 2. The third kappa shape index (κ3) is 7.50. The van der Waals surface area contributed by atoms with E-state index in [2.05, 4.69) is 10.3 Å². The maximum absolute atomic E-state index is 13.1. The van der Waals surface area contributed by atoms with Crippen LogP contribution in [-0.4, -0.2) is 57.8 Å². The second-order valence-electron chi connectivity index (χ2n) is 9.64. The third-order valence-electron chi connectivity index (χ3n) is 6.42. The number of halogens is 1. The Balaban J connectivity index is 2.33. The zero-order valence-corrected chi connectivity index (χ0v) is 21.6. The molecular formula is C25H37ClN2O6. The Kier molecular flexibility index (Phi) is 10.1. The first-order valence-electron chi connectivity index (χ1n) is 11.6. The van der Waals surface area contributed by atoms with E-state index in [1.807, 2.05) is 13.0 Å². The molecule has 0 bridgehead atoms. The fraction of sp³-hybridized carbons (Fsp3) is 0.640. The normalized spacial score (nSPS) is 32.1. The Morgan fingerprint density at radius 3 is 2.56 bits per heavy atom. The van der Waals surface area contributed by atoms with Crippen LogP contribution in [0.5, 0.6) is 0 Å². The number of aromatic nitrogens is 1. The van der Waals surface area contributed by atoms with Crippen molar-refractivity contribution in [2.45, 2.75) is 85.2 Å². The highest BCUT2D eigenvalue weighted by molar-refractivity contribution is 6.32. The van der Waals surface area contributed by atoms with E-state index in [9.17, 15) is 19.8 Å². The van der Waals surface area contributed by atoms with Crippen LogP contribution >= 0.6 is 11.6 Å². The van der Waals surface area contributed by atoms with Gasteiger partial charge >= 0.3 is 0 Å². The van der Waals surface area contributed by atoms with Crippen LogP contribution in [0.3, 0.4) is 0 Å². The number of hydrogen-bond donors (Lipinski definition) is 3. The quantitative estimate of drug-likeness (QED) is 0.535. The Morgan fingerprint density at radius 1 is 1.26 bits per heavy atom. The first-order chi connectivity index (χ1) is 15.8. The minimum absolute atomic E-state index is 0.292. The summed E-state index contributed by atoms with van der Waals surface area (Å²) in [5.74, 6) is -1.06. The highest BCUT2D eigenvalue weighted by Crippen LogP contribution is 2.30. The molecule has 1 aromatic rings. The molecule has 2 rings (SSSR count). The van der Waals surface area contributed by atoms with E-state index in [4.69, 9.17) is 20.8 Å². The van der Waals surface area contributed by atoms with Crippen molar-refractivity contribution < 1.29 is 29.0 Å². The molecule has 1 aliphatic heterocycles. The summed E-state index contributed by atoms with van der Waals surface area (Å²) in [5, 5.41) is 24.6. The molecule has 1 aliphatic rings. The van der Waals surface area contributed by atoms with Gasteiger partial charge in [-0.3, -0.25) is 9.59 Å². The summed E-state index contributed by atoms with van der Waals surface area (Å²) in [4.78, 5) is 30.2. The number of amides is 1. The summed E-state index contributed by atoms with van der Waals surface area (Å²) in [7, 11) is 0. The van der Waals surface area contributed by atoms with Gasteiger partial charge in [0.05, 0.1) is 42.8 Å². The van der Waals surface area contributed by atoms with E-state index in [-0.39, 0.29) is 12.2 Å². The molecule has 9 heteroatoms. The molecule has 0 aliphatic carbocycles. The number of ketones is 1. The maximum Gasteiger partial charge on any atom is 0.223 e. The number of nitrogens with zero attached hydrogens (tertiary/aromatic N) is 1. The fourth-order valence-corrected chi connectivity index (χ4v) is 4.11. The first-order valence-corrected chi connectivity index (χ1v) is 12.0. The Bertz CT molecular complexity index is 922. The number of aliphatic hydroxyl groups excluding tert-OH is 2. The van der Waals surface area contributed by atoms with E-state index in [0.717, 1.165) is 5.57 Å². The lowest BCUT2D eigenvalue weighted by molar-refractivity contribution is -0.145. The molecule has 0 unspecified atom stereocenters. The molecule has 8 nitrogen and oxygen atoms in total. The highest BCUT2D eigenvalue weighted by Gasteiger charge is 2.42. The molecule has 190 valence electrons. The molecule has 5 atom stereocenters. The summed E-state index contributed by atoms with van der Waals surface area (Å²) >= 11 is 6.55. The minimum atomic E-state index is -1.25. The number of hydrogen-bond acceptors (Lipinski definition) is 7. The van der Waals surface area contributed by atoms with E-state index < -0.39 is 41.6 Å². The Labute approximate surface area is 206 Å². The van der Waals surface area contributed by atoms with Gasteiger partial charge in [0.25, 0.3) is 0 Å². The maximum atomic E-state index is 13.1. The van der Waals surface area contributed by atoms with Crippen molar-refractivity contribution in [2.24, 2.45) is 11.3 Å². The van der Waals surface area contributed by atoms with Crippen molar-refractivity contribution in [1.82, 2.24) is 10.3 Å². The van der Waals surface area contributed by atoms with Gasteiger partial charge < -0.3 is 24.7 Å². The summed E-state index contributed by atoms with van der Waals surface area (Å²) in [5.41, 5.74) is 0.310. The molecular weight excluding hydrogens is 460 g/mol. The largest absolute Gasteiger partial charge is 0.449 e. The second kappa shape index (κ2) is 12.1. The number of carbonyl (C=O) groups is 2. The summed E-state index contributed by atoms with van der Waals surface area (Å²) in [6, 6.07) is -0.555. The van der Waals surface area contributed by atoms with Crippen molar-refractivity contribution in [2.75, 3.05) is 6.61 Å². The number of aryl methyl sites for hydroxylation is 1. The van der Waals surface area contributed by atoms with Gasteiger partial charge in [0.2, 0.25) is 5.91 Å². The van der Waals surface area contributed by atoms with Crippen LogP contribution in [0.1, 0.15) is 65.5 Å². The number of Topliss-reactive ketones (excluding diaryl/α,β-unsaturated/α-hetero) is 1.